The number of halogens is 1. The fraction of sp³-hybridized carbons (Fsp3) is 0.462. The van der Waals surface area contributed by atoms with E-state index in [2.05, 4.69) is 15.9 Å². The summed E-state index contributed by atoms with van der Waals surface area (Å²) in [6, 6.07) is 3.97. The molecule has 0 amide bonds. The van der Waals surface area contributed by atoms with Crippen molar-refractivity contribution >= 4 is 21.9 Å². The van der Waals surface area contributed by atoms with Gasteiger partial charge in [0.15, 0.2) is 0 Å². The number of methoxy groups -OCH3 is 1. The summed E-state index contributed by atoms with van der Waals surface area (Å²) in [6.45, 7) is 4.17. The molecule has 0 fully saturated rings. The molecule has 0 saturated heterocycles. The maximum atomic E-state index is 11.5. The van der Waals surface area contributed by atoms with Crippen LogP contribution >= 0.6 is 15.9 Å². The number of rotatable bonds is 5. The molecular formula is C13H17BrO3. The lowest BCUT2D eigenvalue weighted by Crippen LogP contribution is -2.09. The summed E-state index contributed by atoms with van der Waals surface area (Å²) in [7, 11) is 1.63. The fourth-order valence-electron chi connectivity index (χ4n) is 1.65. The highest BCUT2D eigenvalue weighted by Gasteiger charge is 2.11. The van der Waals surface area contributed by atoms with E-state index in [1.807, 2.05) is 19.1 Å². The molecule has 1 rings (SSSR count). The first-order chi connectivity index (χ1) is 8.12. The standard InChI is InChI=1S/C13H17BrO3/c1-4-17-13(15)7-11-5-10(8-14)6-12(16-3)9(11)2/h5-6H,4,7-8H2,1-3H3. The Balaban J connectivity index is 3.00. The van der Waals surface area contributed by atoms with Crippen molar-refractivity contribution in [1.29, 1.82) is 0 Å². The van der Waals surface area contributed by atoms with Gasteiger partial charge in [0.25, 0.3) is 0 Å². The maximum absolute atomic E-state index is 11.5. The molecular weight excluding hydrogens is 284 g/mol. The third kappa shape index (κ3) is 3.73. The van der Waals surface area contributed by atoms with E-state index in [-0.39, 0.29) is 12.4 Å². The smallest absolute Gasteiger partial charge is 0.310 e. The highest BCUT2D eigenvalue weighted by atomic mass is 79.9. The second-order valence-corrected chi connectivity index (χ2v) is 4.26. The van der Waals surface area contributed by atoms with E-state index in [4.69, 9.17) is 9.47 Å². The molecule has 4 heteroatoms. The number of alkyl halides is 1. The Hall–Kier alpha value is -1.03. The summed E-state index contributed by atoms with van der Waals surface area (Å²) in [6.07, 6.45) is 0.289. The number of benzene rings is 1. The normalized spacial score (nSPS) is 10.1. The lowest BCUT2D eigenvalue weighted by atomic mass is 10.0. The Morgan fingerprint density at radius 1 is 1.41 bits per heavy atom. The van der Waals surface area contributed by atoms with Gasteiger partial charge in [0, 0.05) is 5.33 Å². The van der Waals surface area contributed by atoms with E-state index in [0.717, 1.165) is 27.8 Å². The van der Waals surface area contributed by atoms with E-state index in [9.17, 15) is 4.79 Å². The van der Waals surface area contributed by atoms with Crippen molar-refractivity contribution in [3.05, 3.63) is 28.8 Å². The molecule has 17 heavy (non-hydrogen) atoms. The monoisotopic (exact) mass is 300 g/mol. The molecule has 0 bridgehead atoms. The predicted octanol–water partition coefficient (Wildman–Crippen LogP) is 3.00. The highest BCUT2D eigenvalue weighted by molar-refractivity contribution is 9.08. The molecule has 1 aromatic carbocycles. The average molecular weight is 301 g/mol. The van der Waals surface area contributed by atoms with Gasteiger partial charge >= 0.3 is 5.97 Å². The third-order valence-electron chi connectivity index (χ3n) is 2.54. The maximum Gasteiger partial charge on any atom is 0.310 e. The van der Waals surface area contributed by atoms with Crippen LogP contribution in [0.25, 0.3) is 0 Å². The van der Waals surface area contributed by atoms with E-state index in [1.54, 1.807) is 14.0 Å². The van der Waals surface area contributed by atoms with Crippen LogP contribution in [-0.2, 0) is 21.3 Å². The first-order valence-corrected chi connectivity index (χ1v) is 6.62. The van der Waals surface area contributed by atoms with Gasteiger partial charge in [-0.2, -0.15) is 0 Å². The second kappa shape index (κ2) is 6.64. The molecule has 1 aromatic rings. The van der Waals surface area contributed by atoms with Crippen molar-refractivity contribution in [3.8, 4) is 5.75 Å². The predicted molar refractivity (Wildman–Crippen MR) is 70.7 cm³/mol. The zero-order valence-corrected chi connectivity index (χ0v) is 12.0. The van der Waals surface area contributed by atoms with Gasteiger partial charge in [-0.3, -0.25) is 4.79 Å². The quantitative estimate of drug-likeness (QED) is 0.619. The van der Waals surface area contributed by atoms with Crippen LogP contribution in [0.2, 0.25) is 0 Å². The Kier molecular flexibility index (Phi) is 5.48. The second-order valence-electron chi connectivity index (χ2n) is 3.70. The van der Waals surface area contributed by atoms with Crippen LogP contribution in [0, 0.1) is 6.92 Å². The third-order valence-corrected chi connectivity index (χ3v) is 3.19. The molecule has 0 N–H and O–H groups in total. The molecule has 0 atom stereocenters. The molecule has 94 valence electrons. The van der Waals surface area contributed by atoms with E-state index < -0.39 is 0 Å². The van der Waals surface area contributed by atoms with E-state index in [0.29, 0.717) is 6.61 Å². The number of hydrogen-bond acceptors (Lipinski definition) is 3. The molecule has 0 aromatic heterocycles. The van der Waals surface area contributed by atoms with Crippen LogP contribution in [-0.4, -0.2) is 19.7 Å². The van der Waals surface area contributed by atoms with Crippen LogP contribution < -0.4 is 4.74 Å². The SMILES string of the molecule is CCOC(=O)Cc1cc(CBr)cc(OC)c1C. The minimum atomic E-state index is -0.204. The van der Waals surface area contributed by atoms with Gasteiger partial charge in [-0.05, 0) is 36.6 Å². The summed E-state index contributed by atoms with van der Waals surface area (Å²) < 4.78 is 10.3. The van der Waals surface area contributed by atoms with Crippen molar-refractivity contribution in [2.75, 3.05) is 13.7 Å². The number of carbonyl (C=O) groups is 1. The summed E-state index contributed by atoms with van der Waals surface area (Å²) in [5, 5.41) is 0.736. The average Bonchev–Trinajstić information content (AvgIpc) is 2.32. The molecule has 0 saturated carbocycles. The number of ether oxygens (including phenoxy) is 2. The first kappa shape index (κ1) is 14.0. The van der Waals surface area contributed by atoms with Gasteiger partial charge in [-0.15, -0.1) is 0 Å². The van der Waals surface area contributed by atoms with Gasteiger partial charge in [0.1, 0.15) is 5.75 Å². The van der Waals surface area contributed by atoms with Crippen molar-refractivity contribution in [2.45, 2.75) is 25.6 Å². The zero-order chi connectivity index (χ0) is 12.8. The van der Waals surface area contributed by atoms with Gasteiger partial charge in [0.05, 0.1) is 20.1 Å². The largest absolute Gasteiger partial charge is 0.496 e. The number of carbonyl (C=O) groups excluding carboxylic acids is 1. The summed E-state index contributed by atoms with van der Waals surface area (Å²) in [4.78, 5) is 11.5. The minimum absolute atomic E-state index is 0.204. The Bertz CT molecular complexity index is 402. The Morgan fingerprint density at radius 2 is 2.12 bits per heavy atom. The molecule has 0 aliphatic carbocycles. The number of esters is 1. The molecule has 0 unspecified atom stereocenters. The van der Waals surface area contributed by atoms with E-state index in [1.165, 1.54) is 0 Å². The minimum Gasteiger partial charge on any atom is -0.496 e. The fourth-order valence-corrected chi connectivity index (χ4v) is 1.97. The van der Waals surface area contributed by atoms with Crippen molar-refractivity contribution in [2.24, 2.45) is 0 Å². The Labute approximate surface area is 110 Å². The number of hydrogen-bond donors (Lipinski definition) is 0. The van der Waals surface area contributed by atoms with Gasteiger partial charge in [0.2, 0.25) is 0 Å². The van der Waals surface area contributed by atoms with Crippen molar-refractivity contribution in [1.82, 2.24) is 0 Å². The van der Waals surface area contributed by atoms with E-state index >= 15 is 0 Å². The Morgan fingerprint density at radius 3 is 2.65 bits per heavy atom. The molecule has 0 aliphatic rings. The highest BCUT2D eigenvalue weighted by Crippen LogP contribution is 2.25. The summed E-state index contributed by atoms with van der Waals surface area (Å²) >= 11 is 3.40. The van der Waals surface area contributed by atoms with Crippen LogP contribution in [0.3, 0.4) is 0 Å². The summed E-state index contributed by atoms with van der Waals surface area (Å²) in [5.41, 5.74) is 3.04. The van der Waals surface area contributed by atoms with Gasteiger partial charge in [-0.1, -0.05) is 22.0 Å². The topological polar surface area (TPSA) is 35.5 Å². The molecule has 0 heterocycles. The molecule has 0 aliphatic heterocycles. The van der Waals surface area contributed by atoms with Crippen LogP contribution in [0.15, 0.2) is 12.1 Å². The lowest BCUT2D eigenvalue weighted by Gasteiger charge is -2.12. The molecule has 3 nitrogen and oxygen atoms in total. The van der Waals surface area contributed by atoms with Gasteiger partial charge < -0.3 is 9.47 Å². The van der Waals surface area contributed by atoms with Crippen LogP contribution in [0.1, 0.15) is 23.6 Å². The van der Waals surface area contributed by atoms with Crippen LogP contribution in [0.5, 0.6) is 5.75 Å². The van der Waals surface area contributed by atoms with Crippen molar-refractivity contribution < 1.29 is 14.3 Å². The molecule has 0 radical (unpaired) electrons. The van der Waals surface area contributed by atoms with Gasteiger partial charge in [-0.25, -0.2) is 0 Å². The zero-order valence-electron chi connectivity index (χ0n) is 10.4. The molecule has 0 spiro atoms. The first-order valence-electron chi connectivity index (χ1n) is 5.50. The van der Waals surface area contributed by atoms with Crippen molar-refractivity contribution in [3.63, 3.8) is 0 Å². The summed E-state index contributed by atoms with van der Waals surface area (Å²) in [5.74, 6) is 0.602. The lowest BCUT2D eigenvalue weighted by molar-refractivity contribution is -0.142. The van der Waals surface area contributed by atoms with Crippen LogP contribution in [0.4, 0.5) is 0 Å².